The van der Waals surface area contributed by atoms with Crippen LogP contribution in [0.5, 0.6) is 0 Å². The summed E-state index contributed by atoms with van der Waals surface area (Å²) in [5.74, 6) is 0.454. The molecule has 1 heterocycles. The summed E-state index contributed by atoms with van der Waals surface area (Å²) in [4.78, 5) is 2.53. The first-order valence-corrected chi connectivity index (χ1v) is 7.34. The Morgan fingerprint density at radius 3 is 2.68 bits per heavy atom. The number of halogens is 1. The van der Waals surface area contributed by atoms with E-state index in [4.69, 9.17) is 5.73 Å². The molecule has 3 heteroatoms. The fourth-order valence-electron chi connectivity index (χ4n) is 3.00. The lowest BCUT2D eigenvalue weighted by molar-refractivity contribution is 0.114. The molecule has 1 aliphatic heterocycles. The average Bonchev–Trinajstić information content (AvgIpc) is 2.42. The Hall–Kier alpha value is -0.930. The van der Waals surface area contributed by atoms with E-state index in [0.717, 1.165) is 32.4 Å². The van der Waals surface area contributed by atoms with E-state index >= 15 is 0 Å². The van der Waals surface area contributed by atoms with Crippen LogP contribution < -0.4 is 5.73 Å². The van der Waals surface area contributed by atoms with Gasteiger partial charge in [-0.1, -0.05) is 25.5 Å². The predicted octanol–water partition coefficient (Wildman–Crippen LogP) is 2.82. The van der Waals surface area contributed by atoms with Crippen LogP contribution in [0.1, 0.15) is 32.3 Å². The van der Waals surface area contributed by atoms with E-state index in [0.29, 0.717) is 18.0 Å². The molecule has 106 valence electrons. The highest BCUT2D eigenvalue weighted by atomic mass is 19.1. The Morgan fingerprint density at radius 1 is 1.37 bits per heavy atom. The minimum atomic E-state index is -0.161. The second-order valence-electron chi connectivity index (χ2n) is 5.80. The van der Waals surface area contributed by atoms with Gasteiger partial charge in [-0.05, 0) is 49.9 Å². The van der Waals surface area contributed by atoms with Gasteiger partial charge in [-0.2, -0.15) is 0 Å². The minimum absolute atomic E-state index is 0.161. The molecule has 2 N–H and O–H groups in total. The molecule has 1 aromatic rings. The van der Waals surface area contributed by atoms with Crippen LogP contribution in [0, 0.1) is 11.7 Å². The lowest BCUT2D eigenvalue weighted by Crippen LogP contribution is -2.50. The zero-order chi connectivity index (χ0) is 13.8. The number of hydrogen-bond donors (Lipinski definition) is 1. The molecule has 1 aromatic carbocycles. The molecule has 3 atom stereocenters. The number of hydrogen-bond acceptors (Lipinski definition) is 2. The maximum atomic E-state index is 12.9. The summed E-state index contributed by atoms with van der Waals surface area (Å²) >= 11 is 0. The minimum Gasteiger partial charge on any atom is -0.327 e. The molecular formula is C16H25FN2. The van der Waals surface area contributed by atoms with Gasteiger partial charge in [0.2, 0.25) is 0 Å². The van der Waals surface area contributed by atoms with Gasteiger partial charge in [0.25, 0.3) is 0 Å². The summed E-state index contributed by atoms with van der Waals surface area (Å²) in [5.41, 5.74) is 7.36. The van der Waals surface area contributed by atoms with Crippen molar-refractivity contribution in [3.63, 3.8) is 0 Å². The zero-order valence-electron chi connectivity index (χ0n) is 12.0. The van der Waals surface area contributed by atoms with E-state index in [-0.39, 0.29) is 5.82 Å². The van der Waals surface area contributed by atoms with Crippen LogP contribution in [-0.2, 0) is 6.42 Å². The van der Waals surface area contributed by atoms with Crippen LogP contribution in [0.2, 0.25) is 0 Å². The Morgan fingerprint density at radius 2 is 2.05 bits per heavy atom. The maximum Gasteiger partial charge on any atom is 0.123 e. The van der Waals surface area contributed by atoms with Gasteiger partial charge in [0.05, 0.1) is 0 Å². The number of rotatable bonds is 4. The number of benzene rings is 1. The van der Waals surface area contributed by atoms with Crippen LogP contribution in [0.15, 0.2) is 24.3 Å². The van der Waals surface area contributed by atoms with Gasteiger partial charge >= 0.3 is 0 Å². The van der Waals surface area contributed by atoms with Gasteiger partial charge in [0.15, 0.2) is 0 Å². The number of piperidine rings is 1. The summed E-state index contributed by atoms with van der Waals surface area (Å²) in [5, 5.41) is 0. The van der Waals surface area contributed by atoms with Gasteiger partial charge < -0.3 is 5.73 Å². The quantitative estimate of drug-likeness (QED) is 0.906. The van der Waals surface area contributed by atoms with E-state index in [1.54, 1.807) is 12.1 Å². The van der Waals surface area contributed by atoms with Crippen LogP contribution in [0.3, 0.4) is 0 Å². The highest BCUT2D eigenvalue weighted by molar-refractivity contribution is 5.17. The van der Waals surface area contributed by atoms with Crippen molar-refractivity contribution >= 4 is 0 Å². The van der Waals surface area contributed by atoms with Gasteiger partial charge in [-0.15, -0.1) is 0 Å². The maximum absolute atomic E-state index is 12.9. The van der Waals surface area contributed by atoms with Crippen molar-refractivity contribution in [2.75, 3.05) is 13.1 Å². The van der Waals surface area contributed by atoms with Crippen molar-refractivity contribution in [3.8, 4) is 0 Å². The third kappa shape index (κ3) is 3.77. The second kappa shape index (κ2) is 6.49. The molecule has 0 bridgehead atoms. The predicted molar refractivity (Wildman–Crippen MR) is 77.5 cm³/mol. The standard InChI is InChI=1S/C16H25FN2/c1-3-14-11-19(9-8-16(14)18)12(2)10-13-4-6-15(17)7-5-13/h4-7,12,14,16H,3,8-11,18H2,1-2H3. The fraction of sp³-hybridized carbons (Fsp3) is 0.625. The first-order valence-electron chi connectivity index (χ1n) is 7.34. The van der Waals surface area contributed by atoms with Crippen LogP contribution in [0.4, 0.5) is 4.39 Å². The molecule has 0 aliphatic carbocycles. The summed E-state index contributed by atoms with van der Waals surface area (Å²) in [6.07, 6.45) is 3.22. The van der Waals surface area contributed by atoms with Crippen molar-refractivity contribution in [3.05, 3.63) is 35.6 Å². The topological polar surface area (TPSA) is 29.3 Å². The van der Waals surface area contributed by atoms with E-state index in [9.17, 15) is 4.39 Å². The molecule has 0 spiro atoms. The van der Waals surface area contributed by atoms with Crippen molar-refractivity contribution in [1.82, 2.24) is 4.90 Å². The van der Waals surface area contributed by atoms with Gasteiger partial charge in [0, 0.05) is 18.6 Å². The molecule has 0 radical (unpaired) electrons. The Balaban J connectivity index is 1.92. The summed E-state index contributed by atoms with van der Waals surface area (Å²) in [6.45, 7) is 6.66. The molecule has 2 nitrogen and oxygen atoms in total. The molecule has 1 fully saturated rings. The molecule has 3 unspecified atom stereocenters. The van der Waals surface area contributed by atoms with Crippen LogP contribution in [-0.4, -0.2) is 30.1 Å². The number of nitrogens with zero attached hydrogens (tertiary/aromatic N) is 1. The van der Waals surface area contributed by atoms with Crippen LogP contribution >= 0.6 is 0 Å². The SMILES string of the molecule is CCC1CN(C(C)Cc2ccc(F)cc2)CCC1N. The largest absolute Gasteiger partial charge is 0.327 e. The first kappa shape index (κ1) is 14.5. The van der Waals surface area contributed by atoms with E-state index in [2.05, 4.69) is 18.7 Å². The summed E-state index contributed by atoms with van der Waals surface area (Å²) < 4.78 is 12.9. The highest BCUT2D eigenvalue weighted by Crippen LogP contribution is 2.21. The monoisotopic (exact) mass is 264 g/mol. The van der Waals surface area contributed by atoms with Gasteiger partial charge in [0.1, 0.15) is 5.82 Å². The third-order valence-corrected chi connectivity index (χ3v) is 4.42. The van der Waals surface area contributed by atoms with E-state index in [1.807, 2.05) is 12.1 Å². The summed E-state index contributed by atoms with van der Waals surface area (Å²) in [7, 11) is 0. The summed E-state index contributed by atoms with van der Waals surface area (Å²) in [6, 6.07) is 7.72. The second-order valence-corrected chi connectivity index (χ2v) is 5.80. The lowest BCUT2D eigenvalue weighted by Gasteiger charge is -2.40. The van der Waals surface area contributed by atoms with Crippen LogP contribution in [0.25, 0.3) is 0 Å². The van der Waals surface area contributed by atoms with Crippen molar-refractivity contribution < 1.29 is 4.39 Å². The lowest BCUT2D eigenvalue weighted by atomic mass is 9.89. The Labute approximate surface area is 115 Å². The molecule has 2 rings (SSSR count). The van der Waals surface area contributed by atoms with Crippen molar-refractivity contribution in [2.45, 2.75) is 45.2 Å². The molecule has 0 aromatic heterocycles. The normalized spacial score (nSPS) is 26.3. The fourth-order valence-corrected chi connectivity index (χ4v) is 3.00. The van der Waals surface area contributed by atoms with Crippen molar-refractivity contribution in [1.29, 1.82) is 0 Å². The molecular weight excluding hydrogens is 239 g/mol. The highest BCUT2D eigenvalue weighted by Gasteiger charge is 2.27. The van der Waals surface area contributed by atoms with Gasteiger partial charge in [-0.25, -0.2) is 4.39 Å². The Kier molecular flexibility index (Phi) is 4.94. The average molecular weight is 264 g/mol. The molecule has 19 heavy (non-hydrogen) atoms. The Bertz CT molecular complexity index is 390. The zero-order valence-corrected chi connectivity index (χ0v) is 12.0. The smallest absolute Gasteiger partial charge is 0.123 e. The van der Waals surface area contributed by atoms with E-state index < -0.39 is 0 Å². The molecule has 1 aliphatic rings. The molecule has 1 saturated heterocycles. The van der Waals surface area contributed by atoms with Crippen molar-refractivity contribution in [2.24, 2.45) is 11.7 Å². The first-order chi connectivity index (χ1) is 9.10. The van der Waals surface area contributed by atoms with E-state index in [1.165, 1.54) is 5.56 Å². The number of nitrogens with two attached hydrogens (primary N) is 1. The number of likely N-dealkylation sites (tertiary alicyclic amines) is 1. The third-order valence-electron chi connectivity index (χ3n) is 4.42. The van der Waals surface area contributed by atoms with Gasteiger partial charge in [-0.3, -0.25) is 4.90 Å². The molecule has 0 saturated carbocycles. The molecule has 0 amide bonds.